The van der Waals surface area contributed by atoms with Gasteiger partial charge < -0.3 is 4.98 Å². The van der Waals surface area contributed by atoms with Crippen molar-refractivity contribution in [2.75, 3.05) is 11.1 Å². The van der Waals surface area contributed by atoms with Crippen molar-refractivity contribution < 1.29 is 4.79 Å². The van der Waals surface area contributed by atoms with Crippen LogP contribution in [0.3, 0.4) is 0 Å². The lowest BCUT2D eigenvalue weighted by Gasteiger charge is -2.09. The Hall–Kier alpha value is -1.72. The molecule has 1 atom stereocenters. The number of rotatable bonds is 6. The van der Waals surface area contributed by atoms with Crippen LogP contribution < -0.4 is 5.32 Å². The third kappa shape index (κ3) is 3.79. The summed E-state index contributed by atoms with van der Waals surface area (Å²) in [5.41, 5.74) is 1.31. The van der Waals surface area contributed by atoms with Gasteiger partial charge >= 0.3 is 0 Å². The number of nitrogens with zero attached hydrogens (tertiary/aromatic N) is 5. The molecule has 0 unspecified atom stereocenters. The molecule has 2 N–H and O–H groups in total. The zero-order valence-corrected chi connectivity index (χ0v) is 14.8. The van der Waals surface area contributed by atoms with E-state index < -0.39 is 0 Å². The topological polar surface area (TPSA) is 109 Å². The third-order valence-corrected chi connectivity index (χ3v) is 5.70. The lowest BCUT2D eigenvalue weighted by Crippen LogP contribution is -2.22. The van der Waals surface area contributed by atoms with Gasteiger partial charge in [0, 0.05) is 0 Å². The third-order valence-electron chi connectivity index (χ3n) is 2.75. The number of imidazole rings is 1. The van der Waals surface area contributed by atoms with E-state index in [0.717, 1.165) is 15.6 Å². The minimum absolute atomic E-state index is 0.148. The second kappa shape index (κ2) is 7.23. The first kappa shape index (κ1) is 16.1. The fourth-order valence-corrected chi connectivity index (χ4v) is 4.23. The van der Waals surface area contributed by atoms with Gasteiger partial charge in [0.25, 0.3) is 0 Å². The molecule has 120 valence electrons. The fourth-order valence-electron chi connectivity index (χ4n) is 1.70. The lowest BCUT2D eigenvalue weighted by atomic mass is 10.4. The summed E-state index contributed by atoms with van der Waals surface area (Å²) in [7, 11) is 0. The number of anilines is 1. The molecule has 3 heterocycles. The van der Waals surface area contributed by atoms with Crippen LogP contribution in [0.15, 0.2) is 22.0 Å². The summed E-state index contributed by atoms with van der Waals surface area (Å²) in [6.07, 6.45) is 3.00. The van der Waals surface area contributed by atoms with Gasteiger partial charge in [-0.25, -0.2) is 15.0 Å². The summed E-state index contributed by atoms with van der Waals surface area (Å²) in [5, 5.41) is 11.6. The number of carbonyl (C=O) groups excluding carboxylic acids is 1. The first-order valence-electron chi connectivity index (χ1n) is 6.75. The Balaban J connectivity index is 1.66. The van der Waals surface area contributed by atoms with E-state index in [1.807, 2.05) is 13.8 Å². The van der Waals surface area contributed by atoms with Crippen LogP contribution in [0.4, 0.5) is 5.13 Å². The average molecular weight is 367 g/mol. The van der Waals surface area contributed by atoms with Gasteiger partial charge in [-0.05, 0) is 12.7 Å². The summed E-state index contributed by atoms with van der Waals surface area (Å²) in [6.45, 7) is 3.86. The van der Waals surface area contributed by atoms with Crippen LogP contribution in [0.25, 0.3) is 11.2 Å². The van der Waals surface area contributed by atoms with Crippen LogP contribution in [0.1, 0.15) is 13.8 Å². The van der Waals surface area contributed by atoms with Crippen molar-refractivity contribution in [3.63, 3.8) is 0 Å². The molecule has 0 aliphatic heterocycles. The largest absolute Gasteiger partial charge is 0.341 e. The SMILES string of the molecule is CCSc1nnc(NC(=O)[C@H](C)Sc2ncnc3nc[nH]c23)s1. The molecule has 11 heteroatoms. The van der Waals surface area contributed by atoms with Crippen molar-refractivity contribution in [3.8, 4) is 0 Å². The highest BCUT2D eigenvalue weighted by Crippen LogP contribution is 2.28. The van der Waals surface area contributed by atoms with Gasteiger partial charge in [0.1, 0.15) is 16.9 Å². The van der Waals surface area contributed by atoms with Gasteiger partial charge in [-0.15, -0.1) is 10.2 Å². The number of nitrogens with one attached hydrogen (secondary N) is 2. The van der Waals surface area contributed by atoms with Crippen LogP contribution in [0.2, 0.25) is 0 Å². The summed E-state index contributed by atoms with van der Waals surface area (Å²) in [4.78, 5) is 27.6. The molecule has 0 spiro atoms. The van der Waals surface area contributed by atoms with Gasteiger partial charge in [-0.3, -0.25) is 10.1 Å². The number of amides is 1. The Labute approximate surface area is 144 Å². The molecule has 0 saturated heterocycles. The second-order valence-corrected chi connectivity index (χ2v) is 8.15. The maximum atomic E-state index is 12.3. The van der Waals surface area contributed by atoms with Gasteiger partial charge in [0.15, 0.2) is 9.99 Å². The van der Waals surface area contributed by atoms with E-state index >= 15 is 0 Å². The Morgan fingerprint density at radius 2 is 2.26 bits per heavy atom. The molecular weight excluding hydrogens is 354 g/mol. The first-order chi connectivity index (χ1) is 11.2. The Kier molecular flexibility index (Phi) is 5.08. The van der Waals surface area contributed by atoms with Crippen LogP contribution in [0.5, 0.6) is 0 Å². The van der Waals surface area contributed by atoms with Crippen molar-refractivity contribution in [1.29, 1.82) is 0 Å². The number of aromatic nitrogens is 6. The van der Waals surface area contributed by atoms with Crippen LogP contribution in [-0.4, -0.2) is 47.0 Å². The number of fused-ring (bicyclic) bond motifs is 1. The molecule has 3 aromatic heterocycles. The zero-order chi connectivity index (χ0) is 16.2. The summed E-state index contributed by atoms with van der Waals surface area (Å²) in [6, 6.07) is 0. The first-order valence-corrected chi connectivity index (χ1v) is 9.43. The zero-order valence-electron chi connectivity index (χ0n) is 12.3. The molecular formula is C12H13N7OS3. The van der Waals surface area contributed by atoms with E-state index in [1.165, 1.54) is 29.4 Å². The Bertz CT molecular complexity index is 818. The molecule has 0 aliphatic carbocycles. The van der Waals surface area contributed by atoms with Crippen molar-refractivity contribution in [2.45, 2.75) is 28.5 Å². The standard InChI is InChI=1S/C12H13N7OS3/c1-3-21-12-19-18-11(23-12)17-9(20)6(2)22-10-7-8(14-4-13-7)15-5-16-10/h4-6H,3H2,1-2H3,(H,17,18,20)(H,13,14,15,16)/t6-/m0/s1. The van der Waals surface area contributed by atoms with Crippen molar-refractivity contribution in [1.82, 2.24) is 30.1 Å². The van der Waals surface area contributed by atoms with Crippen molar-refractivity contribution in [3.05, 3.63) is 12.7 Å². The summed E-state index contributed by atoms with van der Waals surface area (Å²) < 4.78 is 0.845. The normalized spacial score (nSPS) is 12.4. The molecule has 0 radical (unpaired) electrons. The monoisotopic (exact) mass is 367 g/mol. The smallest absolute Gasteiger partial charge is 0.239 e. The molecule has 0 aromatic carbocycles. The van der Waals surface area contributed by atoms with E-state index in [4.69, 9.17) is 0 Å². The van der Waals surface area contributed by atoms with Crippen LogP contribution in [-0.2, 0) is 4.79 Å². The van der Waals surface area contributed by atoms with E-state index in [1.54, 1.807) is 18.1 Å². The minimum Gasteiger partial charge on any atom is -0.341 e. The highest BCUT2D eigenvalue weighted by atomic mass is 32.2. The van der Waals surface area contributed by atoms with Crippen molar-refractivity contribution in [2.24, 2.45) is 0 Å². The Morgan fingerprint density at radius 3 is 3.09 bits per heavy atom. The molecule has 3 aromatic rings. The predicted octanol–water partition coefficient (Wildman–Crippen LogP) is 2.44. The fraction of sp³-hybridized carbons (Fsp3) is 0.333. The molecule has 0 bridgehead atoms. The molecule has 8 nitrogen and oxygen atoms in total. The van der Waals surface area contributed by atoms with Crippen LogP contribution >= 0.6 is 34.9 Å². The molecule has 23 heavy (non-hydrogen) atoms. The van der Waals surface area contributed by atoms with Crippen molar-refractivity contribution >= 4 is 57.1 Å². The Morgan fingerprint density at radius 1 is 1.39 bits per heavy atom. The second-order valence-electron chi connectivity index (χ2n) is 4.34. The predicted molar refractivity (Wildman–Crippen MR) is 91.9 cm³/mol. The molecule has 0 fully saturated rings. The highest BCUT2D eigenvalue weighted by molar-refractivity contribution is 8.01. The quantitative estimate of drug-likeness (QED) is 0.388. The number of aromatic amines is 1. The summed E-state index contributed by atoms with van der Waals surface area (Å²) >= 11 is 4.31. The van der Waals surface area contributed by atoms with Gasteiger partial charge in [0.05, 0.1) is 11.6 Å². The van der Waals surface area contributed by atoms with Crippen LogP contribution in [0, 0.1) is 0 Å². The van der Waals surface area contributed by atoms with E-state index in [9.17, 15) is 4.79 Å². The van der Waals surface area contributed by atoms with E-state index in [2.05, 4.69) is 35.5 Å². The minimum atomic E-state index is -0.345. The summed E-state index contributed by atoms with van der Waals surface area (Å²) in [5.74, 6) is 0.772. The highest BCUT2D eigenvalue weighted by Gasteiger charge is 2.19. The number of thioether (sulfide) groups is 2. The molecule has 0 saturated carbocycles. The lowest BCUT2D eigenvalue weighted by molar-refractivity contribution is -0.115. The molecule has 1 amide bonds. The average Bonchev–Trinajstić information content (AvgIpc) is 3.17. The maximum absolute atomic E-state index is 12.3. The molecule has 3 rings (SSSR count). The van der Waals surface area contributed by atoms with Gasteiger partial charge in [-0.1, -0.05) is 41.8 Å². The van der Waals surface area contributed by atoms with E-state index in [-0.39, 0.29) is 11.2 Å². The number of carbonyl (C=O) groups is 1. The van der Waals surface area contributed by atoms with Gasteiger partial charge in [-0.2, -0.15) is 0 Å². The molecule has 0 aliphatic rings. The number of hydrogen-bond acceptors (Lipinski definition) is 9. The number of hydrogen-bond donors (Lipinski definition) is 2. The van der Waals surface area contributed by atoms with Gasteiger partial charge in [0.2, 0.25) is 11.0 Å². The maximum Gasteiger partial charge on any atom is 0.239 e. The van der Waals surface area contributed by atoms with E-state index in [0.29, 0.717) is 15.8 Å². The number of H-pyrrole nitrogens is 1.